The fourth-order valence-corrected chi connectivity index (χ4v) is 3.43. The van der Waals surface area contributed by atoms with Crippen LogP contribution >= 0.6 is 0 Å². The second-order valence-corrected chi connectivity index (χ2v) is 4.24. The summed E-state index contributed by atoms with van der Waals surface area (Å²) in [5.41, 5.74) is 3.38. The SMILES string of the molecule is c1ccc2c(c1)[C@H]1[C@H]3C[C@@H]2[C@H]31. The lowest BCUT2D eigenvalue weighted by Gasteiger charge is -2.26. The maximum Gasteiger partial charge on any atom is -0.00904 e. The van der Waals surface area contributed by atoms with E-state index in [2.05, 4.69) is 24.3 Å². The topological polar surface area (TPSA) is 0 Å². The van der Waals surface area contributed by atoms with Gasteiger partial charge in [0.05, 0.1) is 0 Å². The molecule has 0 spiro atoms. The van der Waals surface area contributed by atoms with E-state index in [9.17, 15) is 0 Å². The fraction of sp³-hybridized carbons (Fsp3) is 0.455. The van der Waals surface area contributed by atoms with E-state index in [1.807, 2.05) is 0 Å². The number of hydrogen-bond donors (Lipinski definition) is 0. The fourth-order valence-electron chi connectivity index (χ4n) is 3.43. The van der Waals surface area contributed by atoms with E-state index < -0.39 is 0 Å². The van der Waals surface area contributed by atoms with Crippen molar-refractivity contribution in [3.05, 3.63) is 35.4 Å². The lowest BCUT2D eigenvalue weighted by Crippen LogP contribution is -2.14. The van der Waals surface area contributed by atoms with Gasteiger partial charge in [0.25, 0.3) is 0 Å². The zero-order valence-electron chi connectivity index (χ0n) is 6.33. The molecule has 0 unspecified atom stereocenters. The molecular weight excluding hydrogens is 132 g/mol. The van der Waals surface area contributed by atoms with Gasteiger partial charge in [-0.15, -0.1) is 0 Å². The van der Waals surface area contributed by atoms with Crippen LogP contribution in [0, 0.1) is 11.8 Å². The van der Waals surface area contributed by atoms with Gasteiger partial charge < -0.3 is 0 Å². The summed E-state index contributed by atoms with van der Waals surface area (Å²) in [6, 6.07) is 9.06. The minimum Gasteiger partial charge on any atom is -0.0620 e. The van der Waals surface area contributed by atoms with Crippen molar-refractivity contribution in [3.8, 4) is 0 Å². The van der Waals surface area contributed by atoms with Gasteiger partial charge in [-0.05, 0) is 41.2 Å². The van der Waals surface area contributed by atoms with E-state index in [1.165, 1.54) is 6.42 Å². The van der Waals surface area contributed by atoms with Crippen LogP contribution < -0.4 is 0 Å². The first-order chi connectivity index (χ1) is 5.47. The minimum absolute atomic E-state index is 0.987. The van der Waals surface area contributed by atoms with Crippen molar-refractivity contribution in [1.82, 2.24) is 0 Å². The van der Waals surface area contributed by atoms with Crippen LogP contribution in [0.5, 0.6) is 0 Å². The molecule has 0 aliphatic heterocycles. The highest BCUT2D eigenvalue weighted by Gasteiger charge is 2.68. The van der Waals surface area contributed by atoms with Crippen molar-refractivity contribution >= 4 is 0 Å². The smallest absolute Gasteiger partial charge is 0.00904 e. The molecule has 0 saturated heterocycles. The molecule has 0 heterocycles. The van der Waals surface area contributed by atoms with Gasteiger partial charge in [-0.1, -0.05) is 24.3 Å². The van der Waals surface area contributed by atoms with Crippen LogP contribution in [0.1, 0.15) is 29.4 Å². The Labute approximate surface area is 66.2 Å². The molecule has 2 saturated carbocycles. The summed E-state index contributed by atoms with van der Waals surface area (Å²) in [5.74, 6) is 4.22. The highest BCUT2D eigenvalue weighted by molar-refractivity contribution is 5.51. The third-order valence-corrected chi connectivity index (χ3v) is 3.97. The van der Waals surface area contributed by atoms with Crippen LogP contribution in [-0.4, -0.2) is 0 Å². The van der Waals surface area contributed by atoms with E-state index in [1.54, 1.807) is 11.1 Å². The van der Waals surface area contributed by atoms with E-state index in [0.717, 1.165) is 23.7 Å². The average Bonchev–Trinajstić information content (AvgIpc) is 2.49. The molecule has 1 aromatic carbocycles. The van der Waals surface area contributed by atoms with Crippen molar-refractivity contribution in [2.24, 2.45) is 11.8 Å². The van der Waals surface area contributed by atoms with Crippen LogP contribution in [-0.2, 0) is 0 Å². The van der Waals surface area contributed by atoms with Crippen LogP contribution in [0.3, 0.4) is 0 Å². The standard InChI is InChI=1S/C11H10/c1-2-4-7-6(3-1)8-5-9-10(7)11(8)9/h1-4,8-11H,5H2/t8-,9+,10-,11+/m0/s1. The van der Waals surface area contributed by atoms with Gasteiger partial charge in [-0.2, -0.15) is 0 Å². The summed E-state index contributed by atoms with van der Waals surface area (Å²) in [6.07, 6.45) is 1.51. The number of fused-ring (bicyclic) bond motifs is 4. The molecule has 4 rings (SSSR count). The number of rotatable bonds is 0. The number of hydrogen-bond acceptors (Lipinski definition) is 0. The Balaban J connectivity index is 2.06. The monoisotopic (exact) mass is 142 g/mol. The Morgan fingerprint density at radius 3 is 2.73 bits per heavy atom. The number of benzene rings is 1. The molecule has 3 aliphatic carbocycles. The lowest BCUT2D eigenvalue weighted by atomic mass is 9.78. The molecule has 0 radical (unpaired) electrons. The van der Waals surface area contributed by atoms with Gasteiger partial charge in [0, 0.05) is 0 Å². The first-order valence-electron chi connectivity index (χ1n) is 4.55. The maximum absolute atomic E-state index is 2.34. The summed E-state index contributed by atoms with van der Waals surface area (Å²) in [7, 11) is 0. The van der Waals surface area contributed by atoms with Crippen LogP contribution in [0.4, 0.5) is 0 Å². The predicted octanol–water partition coefficient (Wildman–Crippen LogP) is 2.52. The van der Waals surface area contributed by atoms with Gasteiger partial charge in [0.1, 0.15) is 0 Å². The minimum atomic E-state index is 0.987. The molecule has 0 bridgehead atoms. The van der Waals surface area contributed by atoms with Gasteiger partial charge in [-0.25, -0.2) is 0 Å². The van der Waals surface area contributed by atoms with Crippen molar-refractivity contribution in [2.45, 2.75) is 18.3 Å². The maximum atomic E-state index is 2.34. The van der Waals surface area contributed by atoms with Gasteiger partial charge in [-0.3, -0.25) is 0 Å². The van der Waals surface area contributed by atoms with E-state index in [4.69, 9.17) is 0 Å². The molecule has 3 aliphatic rings. The Kier molecular flexibility index (Phi) is 0.570. The lowest BCUT2D eigenvalue weighted by molar-refractivity contribution is 0.388. The Bertz CT molecular complexity index is 315. The Morgan fingerprint density at radius 1 is 1.09 bits per heavy atom. The van der Waals surface area contributed by atoms with E-state index in [-0.39, 0.29) is 0 Å². The van der Waals surface area contributed by atoms with Gasteiger partial charge in [0.15, 0.2) is 0 Å². The highest BCUT2D eigenvalue weighted by Crippen LogP contribution is 2.78. The van der Waals surface area contributed by atoms with Gasteiger partial charge in [0.2, 0.25) is 0 Å². The molecule has 0 heteroatoms. The van der Waals surface area contributed by atoms with Crippen molar-refractivity contribution in [1.29, 1.82) is 0 Å². The Morgan fingerprint density at radius 2 is 1.91 bits per heavy atom. The average molecular weight is 142 g/mol. The largest absolute Gasteiger partial charge is 0.0620 e. The first kappa shape index (κ1) is 4.97. The van der Waals surface area contributed by atoms with Crippen LogP contribution in [0.15, 0.2) is 24.3 Å². The summed E-state index contributed by atoms with van der Waals surface area (Å²) in [6.45, 7) is 0. The summed E-state index contributed by atoms with van der Waals surface area (Å²) in [5, 5.41) is 0. The normalized spacial score (nSPS) is 47.6. The van der Waals surface area contributed by atoms with Crippen molar-refractivity contribution in [3.63, 3.8) is 0 Å². The molecular formula is C11H10. The van der Waals surface area contributed by atoms with Crippen molar-refractivity contribution < 1.29 is 0 Å². The highest BCUT2D eigenvalue weighted by atomic mass is 14.7. The summed E-state index contributed by atoms with van der Waals surface area (Å²) < 4.78 is 0. The summed E-state index contributed by atoms with van der Waals surface area (Å²) >= 11 is 0. The van der Waals surface area contributed by atoms with E-state index >= 15 is 0 Å². The second kappa shape index (κ2) is 1.26. The first-order valence-corrected chi connectivity index (χ1v) is 4.55. The second-order valence-electron chi connectivity index (χ2n) is 4.24. The zero-order chi connectivity index (χ0) is 7.00. The molecule has 0 amide bonds. The molecule has 2 fully saturated rings. The summed E-state index contributed by atoms with van der Waals surface area (Å²) in [4.78, 5) is 0. The van der Waals surface area contributed by atoms with Crippen molar-refractivity contribution in [2.75, 3.05) is 0 Å². The third-order valence-electron chi connectivity index (χ3n) is 3.97. The van der Waals surface area contributed by atoms with Crippen LogP contribution in [0.2, 0.25) is 0 Å². The predicted molar refractivity (Wildman–Crippen MR) is 43.5 cm³/mol. The molecule has 4 atom stereocenters. The van der Waals surface area contributed by atoms with E-state index in [0.29, 0.717) is 0 Å². The third kappa shape index (κ3) is 0.366. The quantitative estimate of drug-likeness (QED) is 0.522. The van der Waals surface area contributed by atoms with Crippen LogP contribution in [0.25, 0.3) is 0 Å². The zero-order valence-corrected chi connectivity index (χ0v) is 6.33. The molecule has 0 nitrogen and oxygen atoms in total. The molecule has 1 aromatic rings. The molecule has 0 aromatic heterocycles. The molecule has 11 heavy (non-hydrogen) atoms. The Hall–Kier alpha value is -0.780. The molecule has 54 valence electrons. The molecule has 0 N–H and O–H groups in total. The van der Waals surface area contributed by atoms with Gasteiger partial charge >= 0.3 is 0 Å².